The molecule has 0 aliphatic carbocycles. The van der Waals surface area contributed by atoms with Gasteiger partial charge in [0.15, 0.2) is 6.10 Å². The number of hydrogen-bond acceptors (Lipinski definition) is 4. The highest BCUT2D eigenvalue weighted by molar-refractivity contribution is 6.30. The molecule has 0 saturated carbocycles. The third-order valence-electron chi connectivity index (χ3n) is 3.61. The van der Waals surface area contributed by atoms with Crippen LogP contribution in [0.4, 0.5) is 14.5 Å². The first kappa shape index (κ1) is 21.3. The number of halogens is 3. The first-order chi connectivity index (χ1) is 13.3. The predicted octanol–water partition coefficient (Wildman–Crippen LogP) is 3.31. The van der Waals surface area contributed by atoms with Gasteiger partial charge in [0, 0.05) is 17.1 Å². The number of benzene rings is 2. The number of carbonyl (C=O) groups excluding carboxylic acids is 3. The Bertz CT molecular complexity index is 854. The Morgan fingerprint density at radius 2 is 1.68 bits per heavy atom. The van der Waals surface area contributed by atoms with Crippen LogP contribution in [0, 0.1) is 11.6 Å². The van der Waals surface area contributed by atoms with Crippen LogP contribution in [0.5, 0.6) is 0 Å². The molecule has 2 aromatic carbocycles. The highest BCUT2D eigenvalue weighted by Gasteiger charge is 2.20. The van der Waals surface area contributed by atoms with Crippen molar-refractivity contribution in [3.63, 3.8) is 0 Å². The molecule has 0 aromatic heterocycles. The molecular weight excluding hydrogens is 394 g/mol. The van der Waals surface area contributed by atoms with Gasteiger partial charge in [0.1, 0.15) is 17.3 Å². The fourth-order valence-electron chi connectivity index (χ4n) is 2.13. The van der Waals surface area contributed by atoms with Crippen LogP contribution in [0.25, 0.3) is 0 Å². The molecule has 148 valence electrons. The Morgan fingerprint density at radius 1 is 1.07 bits per heavy atom. The smallest absolute Gasteiger partial charge is 0.308 e. The fourth-order valence-corrected chi connectivity index (χ4v) is 2.26. The summed E-state index contributed by atoms with van der Waals surface area (Å²) < 4.78 is 32.0. The van der Waals surface area contributed by atoms with Gasteiger partial charge in [-0.2, -0.15) is 0 Å². The molecule has 9 heteroatoms. The minimum Gasteiger partial charge on any atom is -0.452 e. The van der Waals surface area contributed by atoms with Crippen molar-refractivity contribution in [1.29, 1.82) is 0 Å². The van der Waals surface area contributed by atoms with Gasteiger partial charge >= 0.3 is 5.97 Å². The molecule has 0 unspecified atom stereocenters. The number of hydrogen-bond donors (Lipinski definition) is 2. The summed E-state index contributed by atoms with van der Waals surface area (Å²) in [6.07, 6.45) is -1.47. The lowest BCUT2D eigenvalue weighted by Crippen LogP contribution is -2.32. The van der Waals surface area contributed by atoms with E-state index in [1.807, 2.05) is 5.32 Å². The predicted molar refractivity (Wildman–Crippen MR) is 98.9 cm³/mol. The summed E-state index contributed by atoms with van der Waals surface area (Å²) in [5.41, 5.74) is -0.247. The van der Waals surface area contributed by atoms with Gasteiger partial charge in [-0.15, -0.1) is 0 Å². The Kier molecular flexibility index (Phi) is 7.45. The third-order valence-corrected chi connectivity index (χ3v) is 3.86. The SMILES string of the molecule is C[C@@H](OC(=O)CCNC(=O)c1ccc(Cl)cc1)C(=O)Nc1c(F)cccc1F. The highest BCUT2D eigenvalue weighted by atomic mass is 35.5. The Balaban J connectivity index is 1.78. The number of ether oxygens (including phenoxy) is 1. The molecule has 2 rings (SSSR count). The molecule has 28 heavy (non-hydrogen) atoms. The summed E-state index contributed by atoms with van der Waals surface area (Å²) in [4.78, 5) is 35.6. The van der Waals surface area contributed by atoms with E-state index in [9.17, 15) is 23.2 Å². The minimum atomic E-state index is -1.28. The number of nitrogens with one attached hydrogen (secondary N) is 2. The highest BCUT2D eigenvalue weighted by Crippen LogP contribution is 2.18. The van der Waals surface area contributed by atoms with Crippen LogP contribution in [0.15, 0.2) is 42.5 Å². The van der Waals surface area contributed by atoms with Crippen LogP contribution in [0.3, 0.4) is 0 Å². The van der Waals surface area contributed by atoms with E-state index in [1.54, 1.807) is 12.1 Å². The monoisotopic (exact) mass is 410 g/mol. The molecule has 2 N–H and O–H groups in total. The van der Waals surface area contributed by atoms with Crippen LogP contribution in [-0.2, 0) is 14.3 Å². The van der Waals surface area contributed by atoms with E-state index in [-0.39, 0.29) is 13.0 Å². The molecule has 6 nitrogen and oxygen atoms in total. The summed E-state index contributed by atoms with van der Waals surface area (Å²) >= 11 is 5.74. The van der Waals surface area contributed by atoms with E-state index in [0.29, 0.717) is 10.6 Å². The molecular formula is C19H17ClF2N2O4. The van der Waals surface area contributed by atoms with Crippen LogP contribution >= 0.6 is 11.6 Å². The zero-order valence-corrected chi connectivity index (χ0v) is 15.6. The van der Waals surface area contributed by atoms with Crippen LogP contribution < -0.4 is 10.6 Å². The van der Waals surface area contributed by atoms with E-state index < -0.39 is 41.2 Å². The van der Waals surface area contributed by atoms with Gasteiger partial charge in [0.2, 0.25) is 0 Å². The van der Waals surface area contributed by atoms with E-state index >= 15 is 0 Å². The van der Waals surface area contributed by atoms with Crippen molar-refractivity contribution in [1.82, 2.24) is 5.32 Å². The number of esters is 1. The molecule has 0 heterocycles. The fraction of sp³-hybridized carbons (Fsp3) is 0.211. The zero-order chi connectivity index (χ0) is 20.7. The van der Waals surface area contributed by atoms with Gasteiger partial charge in [-0.3, -0.25) is 14.4 Å². The van der Waals surface area contributed by atoms with E-state index in [2.05, 4.69) is 5.32 Å². The van der Waals surface area contributed by atoms with Gasteiger partial charge in [-0.05, 0) is 43.3 Å². The quantitative estimate of drug-likeness (QED) is 0.686. The molecule has 0 aliphatic rings. The van der Waals surface area contributed by atoms with Crippen LogP contribution in [0.2, 0.25) is 5.02 Å². The van der Waals surface area contributed by atoms with Gasteiger partial charge in [-0.25, -0.2) is 8.78 Å². The van der Waals surface area contributed by atoms with Crippen molar-refractivity contribution in [2.45, 2.75) is 19.4 Å². The van der Waals surface area contributed by atoms with E-state index in [4.69, 9.17) is 16.3 Å². The average Bonchev–Trinajstić information content (AvgIpc) is 2.65. The topological polar surface area (TPSA) is 84.5 Å². The lowest BCUT2D eigenvalue weighted by atomic mass is 10.2. The van der Waals surface area contributed by atoms with Crippen LogP contribution in [-0.4, -0.2) is 30.4 Å². The summed E-state index contributed by atoms with van der Waals surface area (Å²) in [6, 6.07) is 9.31. The van der Waals surface area contributed by atoms with Crippen LogP contribution in [0.1, 0.15) is 23.7 Å². The first-order valence-corrected chi connectivity index (χ1v) is 8.64. The minimum absolute atomic E-state index is 0.0173. The lowest BCUT2D eigenvalue weighted by molar-refractivity contribution is -0.153. The Labute approximate surface area is 164 Å². The zero-order valence-electron chi connectivity index (χ0n) is 14.8. The normalized spacial score (nSPS) is 11.4. The number of para-hydroxylation sites is 1. The third kappa shape index (κ3) is 6.02. The molecule has 2 aromatic rings. The lowest BCUT2D eigenvalue weighted by Gasteiger charge is -2.14. The second-order valence-corrected chi connectivity index (χ2v) is 6.17. The van der Waals surface area contributed by atoms with Gasteiger partial charge in [0.25, 0.3) is 11.8 Å². The number of anilines is 1. The van der Waals surface area contributed by atoms with E-state index in [0.717, 1.165) is 18.2 Å². The molecule has 2 amide bonds. The molecule has 0 radical (unpaired) electrons. The summed E-state index contributed by atoms with van der Waals surface area (Å²) in [7, 11) is 0. The molecule has 0 bridgehead atoms. The Hall–Kier alpha value is -3.00. The number of carbonyl (C=O) groups is 3. The molecule has 0 aliphatic heterocycles. The summed E-state index contributed by atoms with van der Waals surface area (Å²) in [6.45, 7) is 1.24. The van der Waals surface area contributed by atoms with Gasteiger partial charge in [0.05, 0.1) is 6.42 Å². The molecule has 0 fully saturated rings. The van der Waals surface area contributed by atoms with E-state index in [1.165, 1.54) is 19.1 Å². The number of amides is 2. The first-order valence-electron chi connectivity index (χ1n) is 8.26. The van der Waals surface area contributed by atoms with Crippen molar-refractivity contribution < 1.29 is 27.9 Å². The maximum absolute atomic E-state index is 13.5. The molecule has 0 saturated heterocycles. The second kappa shape index (κ2) is 9.80. The molecule has 1 atom stereocenters. The van der Waals surface area contributed by atoms with Crippen molar-refractivity contribution in [3.8, 4) is 0 Å². The van der Waals surface area contributed by atoms with Crippen molar-refractivity contribution in [3.05, 3.63) is 64.7 Å². The average molecular weight is 411 g/mol. The van der Waals surface area contributed by atoms with Crippen molar-refractivity contribution in [2.24, 2.45) is 0 Å². The Morgan fingerprint density at radius 3 is 2.29 bits per heavy atom. The number of rotatable bonds is 7. The maximum Gasteiger partial charge on any atom is 0.308 e. The standard InChI is InChI=1S/C19H17ClF2N2O4/c1-11(18(26)24-17-14(21)3-2-4-15(17)22)28-16(25)9-10-23-19(27)12-5-7-13(20)8-6-12/h2-8,11H,9-10H2,1H3,(H,23,27)(H,24,26)/t11-/m1/s1. The van der Waals surface area contributed by atoms with Gasteiger partial charge in [-0.1, -0.05) is 17.7 Å². The van der Waals surface area contributed by atoms with Crippen molar-refractivity contribution >= 4 is 35.1 Å². The van der Waals surface area contributed by atoms with Gasteiger partial charge < -0.3 is 15.4 Å². The molecule has 0 spiro atoms. The summed E-state index contributed by atoms with van der Waals surface area (Å²) in [5, 5.41) is 5.05. The second-order valence-electron chi connectivity index (χ2n) is 5.73. The maximum atomic E-state index is 13.5. The largest absolute Gasteiger partial charge is 0.452 e. The summed E-state index contributed by atoms with van der Waals surface area (Å²) in [5.74, 6) is -3.94. The van der Waals surface area contributed by atoms with Crippen molar-refractivity contribution in [2.75, 3.05) is 11.9 Å².